The molecule has 0 saturated carbocycles. The van der Waals surface area contributed by atoms with Crippen LogP contribution >= 0.6 is 12.4 Å². The molecular formula is C16H21ClFN5O. The minimum Gasteiger partial charge on any atom is -0.317 e. The van der Waals surface area contributed by atoms with E-state index in [1.54, 1.807) is 27.9 Å². The van der Waals surface area contributed by atoms with Crippen molar-refractivity contribution in [2.24, 2.45) is 0 Å². The zero-order chi connectivity index (χ0) is 16.2. The van der Waals surface area contributed by atoms with Gasteiger partial charge in [0.2, 0.25) is 0 Å². The monoisotopic (exact) mass is 353 g/mol. The van der Waals surface area contributed by atoms with Gasteiger partial charge in [-0.05, 0) is 57.1 Å². The summed E-state index contributed by atoms with van der Waals surface area (Å²) in [6.45, 7) is 4.25. The molecule has 0 spiro atoms. The predicted octanol–water partition coefficient (Wildman–Crippen LogP) is 2.43. The molecule has 130 valence electrons. The number of amides is 1. The van der Waals surface area contributed by atoms with Crippen LogP contribution in [0.3, 0.4) is 0 Å². The minimum absolute atomic E-state index is 0. The number of aromatic nitrogens is 3. The van der Waals surface area contributed by atoms with E-state index >= 15 is 0 Å². The highest BCUT2D eigenvalue weighted by atomic mass is 35.5. The summed E-state index contributed by atoms with van der Waals surface area (Å²) in [6, 6.07) is 6.15. The second-order valence-corrected chi connectivity index (χ2v) is 5.59. The van der Waals surface area contributed by atoms with E-state index < -0.39 is 0 Å². The van der Waals surface area contributed by atoms with Crippen LogP contribution in [-0.4, -0.2) is 40.5 Å². The third-order valence-corrected chi connectivity index (χ3v) is 4.11. The molecule has 1 aliphatic rings. The fourth-order valence-corrected chi connectivity index (χ4v) is 2.83. The van der Waals surface area contributed by atoms with Crippen LogP contribution in [0.2, 0.25) is 0 Å². The van der Waals surface area contributed by atoms with E-state index in [0.717, 1.165) is 25.9 Å². The first kappa shape index (κ1) is 18.4. The predicted molar refractivity (Wildman–Crippen MR) is 92.2 cm³/mol. The number of halogens is 2. The number of anilines is 1. The highest BCUT2D eigenvalue weighted by Crippen LogP contribution is 2.20. The fourth-order valence-electron chi connectivity index (χ4n) is 2.83. The number of piperidine rings is 1. The van der Waals surface area contributed by atoms with Crippen LogP contribution < -0.4 is 10.2 Å². The maximum absolute atomic E-state index is 13.1. The topological polar surface area (TPSA) is 63.1 Å². The summed E-state index contributed by atoms with van der Waals surface area (Å²) in [4.78, 5) is 14.2. The number of benzene rings is 1. The Kier molecular flexibility index (Phi) is 6.28. The van der Waals surface area contributed by atoms with Crippen LogP contribution in [-0.2, 0) is 0 Å². The molecule has 0 atom stereocenters. The first-order valence-electron chi connectivity index (χ1n) is 7.89. The summed E-state index contributed by atoms with van der Waals surface area (Å²) in [5, 5.41) is 11.4. The van der Waals surface area contributed by atoms with Gasteiger partial charge in [-0.25, -0.2) is 9.07 Å². The van der Waals surface area contributed by atoms with Crippen LogP contribution in [0.15, 0.2) is 30.5 Å². The standard InChI is InChI=1S/C16H20FN5O.ClH/c1-2-21(13-5-3-12(17)4-6-13)16(23)15-11-22(20-19-15)14-7-9-18-10-8-14;/h3-6,11,14,18H,2,7-10H2,1H3;1H. The van der Waals surface area contributed by atoms with Gasteiger partial charge in [-0.2, -0.15) is 0 Å². The van der Waals surface area contributed by atoms with Crippen molar-refractivity contribution >= 4 is 24.0 Å². The SMILES string of the molecule is CCN(C(=O)c1cn(C2CCNCC2)nn1)c1ccc(F)cc1.Cl. The summed E-state index contributed by atoms with van der Waals surface area (Å²) in [7, 11) is 0. The molecule has 1 fully saturated rings. The smallest absolute Gasteiger partial charge is 0.280 e. The molecule has 1 aromatic heterocycles. The lowest BCUT2D eigenvalue weighted by Crippen LogP contribution is -2.31. The number of hydrogen-bond acceptors (Lipinski definition) is 4. The molecular weight excluding hydrogens is 333 g/mol. The summed E-state index contributed by atoms with van der Waals surface area (Å²) >= 11 is 0. The summed E-state index contributed by atoms with van der Waals surface area (Å²) in [5.41, 5.74) is 0.963. The molecule has 3 rings (SSSR count). The first-order valence-corrected chi connectivity index (χ1v) is 7.89. The van der Waals surface area contributed by atoms with Crippen LogP contribution in [0, 0.1) is 5.82 Å². The second-order valence-electron chi connectivity index (χ2n) is 5.59. The van der Waals surface area contributed by atoms with Gasteiger partial charge in [-0.3, -0.25) is 4.79 Å². The molecule has 0 unspecified atom stereocenters. The zero-order valence-corrected chi connectivity index (χ0v) is 14.3. The molecule has 1 aromatic carbocycles. The lowest BCUT2D eigenvalue weighted by atomic mass is 10.1. The van der Waals surface area contributed by atoms with Crippen molar-refractivity contribution < 1.29 is 9.18 Å². The van der Waals surface area contributed by atoms with Gasteiger partial charge >= 0.3 is 0 Å². The van der Waals surface area contributed by atoms with Gasteiger partial charge in [0.1, 0.15) is 5.82 Å². The first-order chi connectivity index (χ1) is 11.2. The summed E-state index contributed by atoms with van der Waals surface area (Å²) in [5.74, 6) is -0.548. The highest BCUT2D eigenvalue weighted by Gasteiger charge is 2.22. The Morgan fingerprint density at radius 2 is 2.00 bits per heavy atom. The van der Waals surface area contributed by atoms with E-state index in [-0.39, 0.29) is 30.2 Å². The summed E-state index contributed by atoms with van der Waals surface area (Å²) < 4.78 is 14.8. The van der Waals surface area contributed by atoms with Gasteiger partial charge in [-0.1, -0.05) is 5.21 Å². The van der Waals surface area contributed by atoms with E-state index in [2.05, 4.69) is 15.6 Å². The van der Waals surface area contributed by atoms with Gasteiger partial charge in [0.15, 0.2) is 5.69 Å². The van der Waals surface area contributed by atoms with Crippen LogP contribution in [0.5, 0.6) is 0 Å². The van der Waals surface area contributed by atoms with E-state index in [1.165, 1.54) is 12.1 Å². The highest BCUT2D eigenvalue weighted by molar-refractivity contribution is 6.04. The molecule has 1 amide bonds. The average molecular weight is 354 g/mol. The van der Waals surface area contributed by atoms with Crippen molar-refractivity contribution in [1.29, 1.82) is 0 Å². The fraction of sp³-hybridized carbons (Fsp3) is 0.438. The van der Waals surface area contributed by atoms with Crippen molar-refractivity contribution in [1.82, 2.24) is 20.3 Å². The number of nitrogens with one attached hydrogen (secondary N) is 1. The molecule has 1 saturated heterocycles. The number of nitrogens with zero attached hydrogens (tertiary/aromatic N) is 4. The number of carbonyl (C=O) groups excluding carboxylic acids is 1. The van der Waals surface area contributed by atoms with Crippen molar-refractivity contribution in [2.45, 2.75) is 25.8 Å². The van der Waals surface area contributed by atoms with E-state index in [1.807, 2.05) is 6.92 Å². The maximum Gasteiger partial charge on any atom is 0.280 e. The molecule has 1 N–H and O–H groups in total. The van der Waals surface area contributed by atoms with Crippen molar-refractivity contribution in [2.75, 3.05) is 24.5 Å². The van der Waals surface area contributed by atoms with Gasteiger partial charge < -0.3 is 10.2 Å². The molecule has 0 bridgehead atoms. The Labute approximate surface area is 146 Å². The molecule has 2 heterocycles. The average Bonchev–Trinajstić information content (AvgIpc) is 3.08. The Morgan fingerprint density at radius 1 is 1.33 bits per heavy atom. The largest absolute Gasteiger partial charge is 0.317 e. The molecule has 2 aromatic rings. The molecule has 6 nitrogen and oxygen atoms in total. The Morgan fingerprint density at radius 3 is 2.62 bits per heavy atom. The molecule has 24 heavy (non-hydrogen) atoms. The maximum atomic E-state index is 13.1. The van der Waals surface area contributed by atoms with E-state index in [4.69, 9.17) is 0 Å². The van der Waals surface area contributed by atoms with Crippen LogP contribution in [0.25, 0.3) is 0 Å². The van der Waals surface area contributed by atoms with E-state index in [9.17, 15) is 9.18 Å². The number of carbonyl (C=O) groups is 1. The van der Waals surface area contributed by atoms with Gasteiger partial charge in [0, 0.05) is 12.2 Å². The van der Waals surface area contributed by atoms with Crippen molar-refractivity contribution in [3.63, 3.8) is 0 Å². The molecule has 0 aliphatic carbocycles. The van der Waals surface area contributed by atoms with Crippen LogP contribution in [0.4, 0.5) is 10.1 Å². The second kappa shape index (κ2) is 8.21. The van der Waals surface area contributed by atoms with Gasteiger partial charge in [-0.15, -0.1) is 17.5 Å². The normalized spacial score (nSPS) is 14.9. The van der Waals surface area contributed by atoms with E-state index in [0.29, 0.717) is 17.9 Å². The van der Waals surface area contributed by atoms with Gasteiger partial charge in [0.25, 0.3) is 5.91 Å². The third-order valence-electron chi connectivity index (χ3n) is 4.11. The Balaban J connectivity index is 0.00000208. The Bertz CT molecular complexity index is 669. The number of hydrogen-bond donors (Lipinski definition) is 1. The van der Waals surface area contributed by atoms with Crippen LogP contribution in [0.1, 0.15) is 36.3 Å². The van der Waals surface area contributed by atoms with Crippen molar-refractivity contribution in [3.05, 3.63) is 42.0 Å². The molecule has 0 radical (unpaired) electrons. The Hall–Kier alpha value is -1.99. The molecule has 1 aliphatic heterocycles. The number of rotatable bonds is 4. The lowest BCUT2D eigenvalue weighted by molar-refractivity contribution is 0.0983. The molecule has 8 heteroatoms. The lowest BCUT2D eigenvalue weighted by Gasteiger charge is -2.22. The quantitative estimate of drug-likeness (QED) is 0.917. The third kappa shape index (κ3) is 3.91. The summed E-state index contributed by atoms with van der Waals surface area (Å²) in [6.07, 6.45) is 3.67. The van der Waals surface area contributed by atoms with Crippen molar-refractivity contribution in [3.8, 4) is 0 Å². The minimum atomic E-state index is -0.325. The van der Waals surface area contributed by atoms with Gasteiger partial charge in [0.05, 0.1) is 12.2 Å². The zero-order valence-electron chi connectivity index (χ0n) is 13.5.